The molecule has 1 saturated heterocycles. The number of carbonyl (C=O) groups excluding carboxylic acids is 1. The number of likely N-dealkylation sites (N-methyl/N-ethyl adjacent to an activating group) is 1. The molecule has 4 rings (SSSR count). The highest BCUT2D eigenvalue weighted by atomic mass is 16.6. The predicted molar refractivity (Wildman–Crippen MR) is 126 cm³/mol. The van der Waals surface area contributed by atoms with E-state index in [0.29, 0.717) is 17.7 Å². The minimum Gasteiger partial charge on any atom is -0.457 e. The standard InChI is InChI=1S/C27H32N3O3/c1-30(18-8-14-24-20-28-16-17-29-24)19-9-15-25(30)21-33-26(31)27(32,22-10-4-2-5-11-22)23-12-6-3-7-13-23/h2-7,10-13,16-17,20,25,32H,8-9,14-15,18-19,21H2,1H3/q+1/t25-,30?/m1/s1. The number of nitrogens with zero attached hydrogens (tertiary/aromatic N) is 3. The maximum atomic E-state index is 13.3. The van der Waals surface area contributed by atoms with Gasteiger partial charge in [0.05, 0.1) is 25.8 Å². The first kappa shape index (κ1) is 23.1. The van der Waals surface area contributed by atoms with E-state index in [4.69, 9.17) is 4.74 Å². The second-order valence-corrected chi connectivity index (χ2v) is 9.06. The van der Waals surface area contributed by atoms with Crippen LogP contribution in [0.2, 0.25) is 0 Å². The maximum Gasteiger partial charge on any atom is 0.347 e. The quantitative estimate of drug-likeness (QED) is 0.402. The van der Waals surface area contributed by atoms with Crippen molar-refractivity contribution in [1.29, 1.82) is 0 Å². The van der Waals surface area contributed by atoms with Gasteiger partial charge in [0.2, 0.25) is 5.60 Å². The minimum absolute atomic E-state index is 0.214. The van der Waals surface area contributed by atoms with Crippen LogP contribution in [-0.2, 0) is 21.6 Å². The molecule has 33 heavy (non-hydrogen) atoms. The molecule has 2 atom stereocenters. The van der Waals surface area contributed by atoms with Crippen LogP contribution in [0.15, 0.2) is 79.3 Å². The van der Waals surface area contributed by atoms with Gasteiger partial charge in [0.25, 0.3) is 0 Å². The Morgan fingerprint density at radius 1 is 1.09 bits per heavy atom. The third-order valence-electron chi connectivity index (χ3n) is 6.89. The van der Waals surface area contributed by atoms with Crippen molar-refractivity contribution in [2.45, 2.75) is 37.3 Å². The van der Waals surface area contributed by atoms with Gasteiger partial charge in [0.1, 0.15) is 12.6 Å². The zero-order valence-corrected chi connectivity index (χ0v) is 19.1. The zero-order chi connectivity index (χ0) is 23.2. The fourth-order valence-corrected chi connectivity index (χ4v) is 4.86. The van der Waals surface area contributed by atoms with E-state index in [1.807, 2.05) is 42.6 Å². The summed E-state index contributed by atoms with van der Waals surface area (Å²) in [6.07, 6.45) is 9.22. The Kier molecular flexibility index (Phi) is 7.16. The van der Waals surface area contributed by atoms with Crippen molar-refractivity contribution in [3.63, 3.8) is 0 Å². The summed E-state index contributed by atoms with van der Waals surface area (Å²) in [7, 11) is 2.24. The second-order valence-electron chi connectivity index (χ2n) is 9.06. The Morgan fingerprint density at radius 3 is 2.36 bits per heavy atom. The molecule has 2 heterocycles. The average molecular weight is 447 g/mol. The largest absolute Gasteiger partial charge is 0.457 e. The monoisotopic (exact) mass is 446 g/mol. The van der Waals surface area contributed by atoms with Crippen molar-refractivity contribution >= 4 is 5.97 Å². The van der Waals surface area contributed by atoms with Gasteiger partial charge in [0.15, 0.2) is 0 Å². The van der Waals surface area contributed by atoms with Crippen molar-refractivity contribution in [2.75, 3.05) is 26.7 Å². The number of ether oxygens (including phenoxy) is 1. The van der Waals surface area contributed by atoms with Gasteiger partial charge in [-0.2, -0.15) is 0 Å². The molecular weight excluding hydrogens is 414 g/mol. The molecule has 1 aliphatic heterocycles. The van der Waals surface area contributed by atoms with Gasteiger partial charge >= 0.3 is 5.97 Å². The van der Waals surface area contributed by atoms with E-state index in [9.17, 15) is 9.90 Å². The highest BCUT2D eigenvalue weighted by Gasteiger charge is 2.44. The highest BCUT2D eigenvalue weighted by molar-refractivity contribution is 5.85. The summed E-state index contributed by atoms with van der Waals surface area (Å²) in [6, 6.07) is 18.3. The van der Waals surface area contributed by atoms with E-state index in [1.54, 1.807) is 36.7 Å². The predicted octanol–water partition coefficient (Wildman–Crippen LogP) is 3.50. The van der Waals surface area contributed by atoms with E-state index in [-0.39, 0.29) is 6.04 Å². The molecular formula is C27H32N3O3+. The Labute approximate surface area is 195 Å². The molecule has 1 fully saturated rings. The van der Waals surface area contributed by atoms with E-state index >= 15 is 0 Å². The molecule has 1 N–H and O–H groups in total. The van der Waals surface area contributed by atoms with E-state index in [0.717, 1.165) is 48.9 Å². The number of aliphatic hydroxyl groups is 1. The van der Waals surface area contributed by atoms with Gasteiger partial charge in [0, 0.05) is 37.9 Å². The molecule has 0 bridgehead atoms. The fourth-order valence-electron chi connectivity index (χ4n) is 4.86. The summed E-state index contributed by atoms with van der Waals surface area (Å²) >= 11 is 0. The molecule has 2 aromatic carbocycles. The third kappa shape index (κ3) is 5.13. The molecule has 172 valence electrons. The van der Waals surface area contributed by atoms with Crippen LogP contribution in [0.3, 0.4) is 0 Å². The van der Waals surface area contributed by atoms with Crippen molar-refractivity contribution < 1.29 is 19.1 Å². The zero-order valence-electron chi connectivity index (χ0n) is 19.1. The van der Waals surface area contributed by atoms with E-state index in [2.05, 4.69) is 17.0 Å². The molecule has 1 aliphatic rings. The van der Waals surface area contributed by atoms with Gasteiger partial charge in [-0.25, -0.2) is 4.79 Å². The molecule has 0 amide bonds. The lowest BCUT2D eigenvalue weighted by Crippen LogP contribution is -2.51. The second kappa shape index (κ2) is 10.2. The molecule has 3 aromatic rings. The van der Waals surface area contributed by atoms with Crippen LogP contribution in [0.25, 0.3) is 0 Å². The Morgan fingerprint density at radius 2 is 1.76 bits per heavy atom. The van der Waals surface area contributed by atoms with Gasteiger partial charge in [-0.15, -0.1) is 0 Å². The summed E-state index contributed by atoms with van der Waals surface area (Å²) in [5.41, 5.74) is 0.181. The highest BCUT2D eigenvalue weighted by Crippen LogP contribution is 2.32. The number of esters is 1. The first-order chi connectivity index (χ1) is 16.0. The van der Waals surface area contributed by atoms with Crippen LogP contribution in [0.1, 0.15) is 36.1 Å². The lowest BCUT2D eigenvalue weighted by Gasteiger charge is -2.36. The molecule has 1 unspecified atom stereocenters. The van der Waals surface area contributed by atoms with Crippen molar-refractivity contribution in [3.8, 4) is 0 Å². The SMILES string of the molecule is C[N+]1(CCCc2cnccn2)CCC[C@@H]1COC(=O)C(O)(c1ccccc1)c1ccccc1. The first-order valence-corrected chi connectivity index (χ1v) is 11.6. The lowest BCUT2D eigenvalue weighted by atomic mass is 9.86. The lowest BCUT2D eigenvalue weighted by molar-refractivity contribution is -0.921. The Hall–Kier alpha value is -3.09. The number of carbonyl (C=O) groups is 1. The van der Waals surface area contributed by atoms with E-state index < -0.39 is 11.6 Å². The number of hydrogen-bond donors (Lipinski definition) is 1. The summed E-state index contributed by atoms with van der Waals surface area (Å²) in [6.45, 7) is 2.34. The fraction of sp³-hybridized carbons (Fsp3) is 0.370. The molecule has 0 spiro atoms. The Balaban J connectivity index is 1.43. The molecule has 1 aromatic heterocycles. The molecule has 0 saturated carbocycles. The normalized spacial score (nSPS) is 20.5. The number of hydrogen-bond acceptors (Lipinski definition) is 5. The third-order valence-corrected chi connectivity index (χ3v) is 6.89. The topological polar surface area (TPSA) is 72.3 Å². The minimum atomic E-state index is -1.84. The van der Waals surface area contributed by atoms with Gasteiger partial charge < -0.3 is 14.3 Å². The van der Waals surface area contributed by atoms with Crippen LogP contribution >= 0.6 is 0 Å². The number of benzene rings is 2. The van der Waals surface area contributed by atoms with Crippen LogP contribution in [0.4, 0.5) is 0 Å². The average Bonchev–Trinajstić information content (AvgIpc) is 3.23. The summed E-state index contributed by atoms with van der Waals surface area (Å²) < 4.78 is 6.70. The molecule has 0 aliphatic carbocycles. The molecule has 0 radical (unpaired) electrons. The number of quaternary nitrogens is 1. The maximum absolute atomic E-state index is 13.3. The van der Waals surface area contributed by atoms with Crippen LogP contribution in [0.5, 0.6) is 0 Å². The first-order valence-electron chi connectivity index (χ1n) is 11.6. The van der Waals surface area contributed by atoms with Crippen molar-refractivity contribution in [1.82, 2.24) is 9.97 Å². The van der Waals surface area contributed by atoms with Gasteiger partial charge in [-0.05, 0) is 17.5 Å². The van der Waals surface area contributed by atoms with Crippen molar-refractivity contribution in [2.24, 2.45) is 0 Å². The number of likely N-dealkylation sites (tertiary alicyclic amines) is 1. The molecule has 6 nitrogen and oxygen atoms in total. The van der Waals surface area contributed by atoms with Gasteiger partial charge in [-0.3, -0.25) is 9.97 Å². The summed E-state index contributed by atoms with van der Waals surface area (Å²) in [5.74, 6) is -0.627. The van der Waals surface area contributed by atoms with Crippen LogP contribution in [-0.4, -0.2) is 58.3 Å². The van der Waals surface area contributed by atoms with E-state index in [1.165, 1.54) is 0 Å². The number of rotatable bonds is 9. The summed E-state index contributed by atoms with van der Waals surface area (Å²) in [4.78, 5) is 21.8. The van der Waals surface area contributed by atoms with Crippen LogP contribution < -0.4 is 0 Å². The Bertz CT molecular complexity index is 991. The summed E-state index contributed by atoms with van der Waals surface area (Å²) in [5, 5.41) is 11.6. The van der Waals surface area contributed by atoms with Crippen LogP contribution in [0, 0.1) is 0 Å². The number of aromatic nitrogens is 2. The number of aryl methyl sites for hydroxylation is 1. The smallest absolute Gasteiger partial charge is 0.347 e. The molecule has 6 heteroatoms. The van der Waals surface area contributed by atoms with Gasteiger partial charge in [-0.1, -0.05) is 60.7 Å². The van der Waals surface area contributed by atoms with Crippen molar-refractivity contribution in [3.05, 3.63) is 96.1 Å².